The molecule has 392 valence electrons. The number of aliphatic hydroxyl groups excluding tert-OH is 4. The highest BCUT2D eigenvalue weighted by molar-refractivity contribution is 6.11. The number of Topliss-reactive ketones (excluding diaryl/α,β-unsaturated/α-hetero) is 1. The predicted octanol–water partition coefficient (Wildman–Crippen LogP) is 6.04. The first-order chi connectivity index (χ1) is 35.5. The number of aromatic amines is 1. The van der Waals surface area contributed by atoms with Crippen LogP contribution in [0.5, 0.6) is 17.2 Å². The number of hydrogen-bond acceptors (Lipinski definition) is 14. The van der Waals surface area contributed by atoms with Gasteiger partial charge < -0.3 is 59.1 Å². The Labute approximate surface area is 426 Å². The van der Waals surface area contributed by atoms with Crippen molar-refractivity contribution in [3.8, 4) is 17.2 Å². The van der Waals surface area contributed by atoms with Crippen molar-refractivity contribution < 1.29 is 63.6 Å². The normalized spacial score (nSPS) is 31.3. The number of H-pyrrole nitrogens is 1. The minimum atomic E-state index is -1.46. The summed E-state index contributed by atoms with van der Waals surface area (Å²) in [7, 11) is 1.73. The first-order valence-electron chi connectivity index (χ1n) is 27.0. The number of nitrogens with one attached hydrogen (secondary N) is 1. The zero-order chi connectivity index (χ0) is 50.8. The van der Waals surface area contributed by atoms with Gasteiger partial charge in [-0.15, -0.1) is 0 Å². The molecule has 2 bridgehead atoms. The number of aromatic nitrogens is 1. The standard InChI is InChI=1S/C58H72N2O13/c1-3-70-55(67)53-43(30-64)47-37-21-38(29-63)49(66)41(23-37)40-22-36-10-16-59-46(36)24-35(40)8-7-33(28-62)32-71-51-42-26-57(73-50(42)44(31-65)52(72-53)48(47)51)15-9-34(12-19-61)54-56(13-4-5-14-56)25-39-27-60(17-6-20-69-2)18-11-45(39)58(54,57)68/h9-10,15-16,22,24,30,33-34,38-39,41,45,54,59,61-63,65,68H,3-8,11-14,17-21,23,25-29,31-32H2,1-2H3. The fraction of sp³-hybridized carbons (Fsp3) is 0.603. The van der Waals surface area contributed by atoms with Crippen LogP contribution in [0.15, 0.2) is 53.5 Å². The second-order valence-electron chi connectivity index (χ2n) is 22.5. The fourth-order valence-corrected chi connectivity index (χ4v) is 15.7. The van der Waals surface area contributed by atoms with Crippen LogP contribution in [0.4, 0.5) is 0 Å². The molecule has 4 fully saturated rings. The third-order valence-electron chi connectivity index (χ3n) is 18.8. The Bertz CT molecular complexity index is 2750. The summed E-state index contributed by atoms with van der Waals surface area (Å²) in [6.45, 7) is 3.48. The van der Waals surface area contributed by atoms with Crippen molar-refractivity contribution in [1.29, 1.82) is 0 Å². The number of hydrogen-bond donors (Lipinski definition) is 6. The van der Waals surface area contributed by atoms with Crippen molar-refractivity contribution >= 4 is 34.5 Å². The fourth-order valence-electron chi connectivity index (χ4n) is 15.7. The molecule has 2 aromatic carbocycles. The number of piperidine rings is 1. The number of ether oxygens (including phenoxy) is 5. The third kappa shape index (κ3) is 8.05. The summed E-state index contributed by atoms with van der Waals surface area (Å²) in [4.78, 5) is 48.6. The Morgan fingerprint density at radius 3 is 2.63 bits per heavy atom. The van der Waals surface area contributed by atoms with Crippen LogP contribution in [-0.2, 0) is 43.3 Å². The van der Waals surface area contributed by atoms with Crippen molar-refractivity contribution in [3.05, 3.63) is 81.3 Å². The summed E-state index contributed by atoms with van der Waals surface area (Å²) in [5.74, 6) is -3.31. The minimum absolute atomic E-state index is 0.0179. The molecule has 3 aromatic rings. The predicted molar refractivity (Wildman–Crippen MR) is 270 cm³/mol. The Morgan fingerprint density at radius 1 is 1.05 bits per heavy atom. The molecule has 11 rings (SSSR count). The molecule has 9 atom stereocenters. The van der Waals surface area contributed by atoms with Crippen LogP contribution in [0.1, 0.15) is 111 Å². The number of allylic oxidation sites excluding steroid dienone is 4. The number of benzene rings is 2. The molecule has 9 unspecified atom stereocenters. The number of aryl methyl sites for hydroxylation is 1. The smallest absolute Gasteiger partial charge is 0.375 e. The Balaban J connectivity index is 1.14. The number of likely N-dealkylation sites (tertiary alicyclic amines) is 1. The number of nitrogens with zero attached hydrogens (tertiary/aromatic N) is 1. The number of methoxy groups -OCH3 is 1. The van der Waals surface area contributed by atoms with Gasteiger partial charge in [0.25, 0.3) is 0 Å². The van der Waals surface area contributed by atoms with Gasteiger partial charge in [0, 0.05) is 93.0 Å². The number of aldehydes is 1. The molecule has 4 aliphatic carbocycles. The van der Waals surface area contributed by atoms with Gasteiger partial charge in [-0.05, 0) is 142 Å². The van der Waals surface area contributed by atoms with Crippen LogP contribution in [0.25, 0.3) is 16.5 Å². The van der Waals surface area contributed by atoms with Gasteiger partial charge >= 0.3 is 5.97 Å². The third-order valence-corrected chi connectivity index (χ3v) is 18.8. The number of rotatable bonds is 12. The van der Waals surface area contributed by atoms with Crippen molar-refractivity contribution in [2.45, 2.75) is 114 Å². The lowest BCUT2D eigenvalue weighted by Crippen LogP contribution is -2.75. The molecule has 15 nitrogen and oxygen atoms in total. The highest BCUT2D eigenvalue weighted by Crippen LogP contribution is 2.70. The van der Waals surface area contributed by atoms with Gasteiger partial charge in [-0.25, -0.2) is 4.79 Å². The molecule has 2 spiro atoms. The van der Waals surface area contributed by atoms with Gasteiger partial charge in [-0.1, -0.05) is 24.5 Å². The Morgan fingerprint density at radius 2 is 1.89 bits per heavy atom. The molecule has 3 saturated carbocycles. The van der Waals surface area contributed by atoms with Gasteiger partial charge in [0.2, 0.25) is 5.76 Å². The molecule has 8 aliphatic rings. The lowest BCUT2D eigenvalue weighted by molar-refractivity contribution is -0.261. The van der Waals surface area contributed by atoms with E-state index in [1.165, 1.54) is 0 Å². The summed E-state index contributed by atoms with van der Waals surface area (Å²) in [5, 5.41) is 60.1. The van der Waals surface area contributed by atoms with E-state index in [4.69, 9.17) is 23.7 Å². The molecule has 4 aliphatic heterocycles. The zero-order valence-corrected chi connectivity index (χ0v) is 42.3. The molecular weight excluding hydrogens is 933 g/mol. The molecule has 1 aromatic heterocycles. The second-order valence-corrected chi connectivity index (χ2v) is 22.5. The van der Waals surface area contributed by atoms with Crippen molar-refractivity contribution in [3.63, 3.8) is 0 Å². The number of carbonyl (C=O) groups excluding carboxylic acids is 3. The lowest BCUT2D eigenvalue weighted by Gasteiger charge is -2.67. The van der Waals surface area contributed by atoms with Crippen molar-refractivity contribution in [2.24, 2.45) is 40.9 Å². The van der Waals surface area contributed by atoms with E-state index in [1.54, 1.807) is 14.0 Å². The van der Waals surface area contributed by atoms with E-state index in [2.05, 4.69) is 16.0 Å². The highest BCUT2D eigenvalue weighted by atomic mass is 16.6. The van der Waals surface area contributed by atoms with E-state index in [1.807, 2.05) is 30.5 Å². The largest absolute Gasteiger partial charge is 0.492 e. The average Bonchev–Trinajstić information content (AvgIpc) is 4.16. The summed E-state index contributed by atoms with van der Waals surface area (Å²) in [6.07, 6.45) is 15.0. The van der Waals surface area contributed by atoms with Crippen LogP contribution < -0.4 is 14.2 Å². The maximum atomic E-state index is 14.7. The second kappa shape index (κ2) is 20.0. The van der Waals surface area contributed by atoms with Gasteiger partial charge in [-0.3, -0.25) is 9.59 Å². The van der Waals surface area contributed by atoms with E-state index in [9.17, 15) is 39.9 Å². The van der Waals surface area contributed by atoms with Gasteiger partial charge in [0.1, 0.15) is 28.6 Å². The molecule has 0 amide bonds. The van der Waals surface area contributed by atoms with E-state index in [0.29, 0.717) is 54.4 Å². The Kier molecular flexibility index (Phi) is 13.8. The van der Waals surface area contributed by atoms with E-state index in [-0.39, 0.29) is 115 Å². The first-order valence-corrected chi connectivity index (χ1v) is 27.0. The molecule has 6 N–H and O–H groups in total. The quantitative estimate of drug-likeness (QED) is 0.0528. The molecule has 5 heterocycles. The number of carbonyl (C=O) groups is 3. The van der Waals surface area contributed by atoms with Crippen LogP contribution in [0.3, 0.4) is 0 Å². The van der Waals surface area contributed by atoms with Crippen LogP contribution >= 0.6 is 0 Å². The van der Waals surface area contributed by atoms with Crippen LogP contribution in [-0.4, -0.2) is 131 Å². The maximum absolute atomic E-state index is 14.7. The molecule has 0 radical (unpaired) electrons. The molecule has 1 saturated heterocycles. The first kappa shape index (κ1) is 50.3. The van der Waals surface area contributed by atoms with Crippen molar-refractivity contribution in [2.75, 3.05) is 66.4 Å². The summed E-state index contributed by atoms with van der Waals surface area (Å²) < 4.78 is 32.3. The maximum Gasteiger partial charge on any atom is 0.375 e. The van der Waals surface area contributed by atoms with Crippen molar-refractivity contribution in [1.82, 2.24) is 9.88 Å². The lowest BCUT2D eigenvalue weighted by atomic mass is 9.42. The number of aliphatic hydroxyl groups is 5. The molecule has 73 heavy (non-hydrogen) atoms. The van der Waals surface area contributed by atoms with E-state index in [0.717, 1.165) is 86.6 Å². The number of ketones is 1. The van der Waals surface area contributed by atoms with Gasteiger partial charge in [-0.2, -0.15) is 0 Å². The zero-order valence-electron chi connectivity index (χ0n) is 42.3. The van der Waals surface area contributed by atoms with E-state index >= 15 is 0 Å². The Hall–Kier alpha value is -4.87. The minimum Gasteiger partial charge on any atom is -0.492 e. The number of esters is 1. The summed E-state index contributed by atoms with van der Waals surface area (Å²) in [6, 6.07) is 6.02. The van der Waals surface area contributed by atoms with Gasteiger partial charge in [0.05, 0.1) is 43.1 Å². The van der Waals surface area contributed by atoms with E-state index < -0.39 is 48.1 Å². The highest BCUT2D eigenvalue weighted by Gasteiger charge is 2.73. The van der Waals surface area contributed by atoms with Gasteiger partial charge in [0.15, 0.2) is 11.9 Å². The summed E-state index contributed by atoms with van der Waals surface area (Å²) >= 11 is 0. The SMILES string of the molecule is CCOC(=O)C1=C(C=O)C2=C3CC(CO)C(=O)C(C3)c3cc4cc[nH]c4cc3CCC(CO)COc3c4c(c(CO)c(c32)O1)OC1(C=CC(CCO)C2C3(CCCC3)CC3CN(CCCOC)CCC3C21O)C4. The number of fused-ring (bicyclic) bond motifs is 12. The van der Waals surface area contributed by atoms with Crippen LogP contribution in [0.2, 0.25) is 0 Å². The molecule has 15 heteroatoms. The average molecular weight is 1010 g/mol. The molecular formula is C58H72N2O13. The van der Waals surface area contributed by atoms with Crippen LogP contribution in [0, 0.1) is 40.9 Å². The topological polar surface area (TPSA) is 218 Å². The monoisotopic (exact) mass is 1000 g/mol. The summed E-state index contributed by atoms with van der Waals surface area (Å²) in [5.41, 5.74) is 1.39.